The first-order valence-electron chi connectivity index (χ1n) is 32.5. The van der Waals surface area contributed by atoms with E-state index in [1.165, 1.54) is 0 Å². The number of nitrogens with zero attached hydrogens (tertiary/aromatic N) is 8. The molecule has 8 nitrogen and oxygen atoms in total. The van der Waals surface area contributed by atoms with Gasteiger partial charge >= 0.3 is 6.18 Å². The number of rotatable bonds is 7. The van der Waals surface area contributed by atoms with Crippen molar-refractivity contribution < 1.29 is 13.2 Å². The van der Waals surface area contributed by atoms with E-state index in [9.17, 15) is 10.5 Å². The highest BCUT2D eigenvalue weighted by molar-refractivity contribution is 6.17. The van der Waals surface area contributed by atoms with Crippen LogP contribution in [0.5, 0.6) is 0 Å². The summed E-state index contributed by atoms with van der Waals surface area (Å²) in [4.78, 5) is 0. The number of fused-ring (bicyclic) bond motifs is 18. The van der Waals surface area contributed by atoms with Gasteiger partial charge in [0.1, 0.15) is 0 Å². The maximum absolute atomic E-state index is 15.9. The quantitative estimate of drug-likeness (QED) is 0.159. The summed E-state index contributed by atoms with van der Waals surface area (Å²) in [5.74, 6) is 0. The number of para-hydroxylation sites is 8. The lowest BCUT2D eigenvalue weighted by Crippen LogP contribution is -2.08. The SMILES string of the molecule is N#Cc1cc(-c2c(-n3c4cc(-n5c6ccccc6c6ccccc65)ccc4c4ccc(-n5c6ccccc6c6ccccc65)cc43)cc(C#N)cc2-n2c3cc(-n4c5ccccc5c5ccccc54)ccc3c3ccc(-n4c5ccccc5c5ccccc54)cc32)cc(C(F)(F)F)c1. The Balaban J connectivity index is 0.969. The summed E-state index contributed by atoms with van der Waals surface area (Å²) in [5.41, 5.74) is 14.8. The molecule has 0 bridgehead atoms. The molecule has 0 saturated heterocycles. The third-order valence-electron chi connectivity index (χ3n) is 20.2. The zero-order valence-corrected chi connectivity index (χ0v) is 52.0. The molecule has 98 heavy (non-hydrogen) atoms. The van der Waals surface area contributed by atoms with Gasteiger partial charge in [0.2, 0.25) is 0 Å². The van der Waals surface area contributed by atoms with Crippen molar-refractivity contribution in [3.05, 3.63) is 314 Å². The average Bonchev–Trinajstić information content (AvgIpc) is 1.54. The van der Waals surface area contributed by atoms with Crippen molar-refractivity contribution in [3.8, 4) is 57.4 Å². The van der Waals surface area contributed by atoms with Crippen LogP contribution in [0.25, 0.3) is 176 Å². The molecule has 0 fully saturated rings. The minimum absolute atomic E-state index is 0.130. The number of halogens is 3. The molecule has 0 aliphatic carbocycles. The summed E-state index contributed by atoms with van der Waals surface area (Å²) in [6, 6.07) is 105. The van der Waals surface area contributed by atoms with Crippen LogP contribution in [-0.4, -0.2) is 27.4 Å². The molecular weight excluding hydrogens is 1210 g/mol. The minimum Gasteiger partial charge on any atom is -0.309 e. The van der Waals surface area contributed by atoms with Crippen LogP contribution in [0.3, 0.4) is 0 Å². The maximum atomic E-state index is 15.9. The fourth-order valence-electron chi connectivity index (χ4n) is 16.2. The predicted molar refractivity (Wildman–Crippen MR) is 392 cm³/mol. The Morgan fingerprint density at radius 3 is 0.714 bits per heavy atom. The van der Waals surface area contributed by atoms with Crippen LogP contribution in [-0.2, 0) is 6.18 Å². The lowest BCUT2D eigenvalue weighted by molar-refractivity contribution is -0.137. The van der Waals surface area contributed by atoms with Crippen molar-refractivity contribution in [2.24, 2.45) is 0 Å². The van der Waals surface area contributed by atoms with Gasteiger partial charge in [-0.3, -0.25) is 0 Å². The molecule has 0 aliphatic rings. The number of alkyl halides is 3. The molecule has 0 saturated carbocycles. The first-order valence-corrected chi connectivity index (χ1v) is 32.5. The molecular formula is C87H49F3N8. The summed E-state index contributed by atoms with van der Waals surface area (Å²) < 4.78 is 61.1. The monoisotopic (exact) mass is 1260 g/mol. The Bertz CT molecular complexity index is 6040. The molecule has 0 unspecified atom stereocenters. The standard InChI is InChI=1S/C87H49F3N8/c88-87(89,90)55-42-52(50-91)41-54(45-55)86-84(97-80-46-56(93-72-25-9-1-17-60(72)61-18-2-10-26-73(61)93)33-37-68(80)69-38-34-57(47-81(69)97)94-74-27-11-3-19-62(74)63-20-4-12-28-75(63)94)43-53(51-92)44-85(86)98-82-48-58(95-76-29-13-5-21-64(76)65-22-6-14-30-77(65)95)35-39-70(82)71-40-36-59(49-83(71)98)96-78-31-15-7-23-66(78)67-24-8-16-32-79(67)96/h1-49H. The van der Waals surface area contributed by atoms with Gasteiger partial charge in [-0.1, -0.05) is 170 Å². The molecule has 0 spiro atoms. The molecule has 20 rings (SSSR count). The van der Waals surface area contributed by atoms with E-state index in [0.29, 0.717) is 16.9 Å². The Morgan fingerprint density at radius 1 is 0.235 bits per heavy atom. The van der Waals surface area contributed by atoms with E-state index in [4.69, 9.17) is 0 Å². The lowest BCUT2D eigenvalue weighted by Gasteiger charge is -2.22. The van der Waals surface area contributed by atoms with E-state index < -0.39 is 11.7 Å². The van der Waals surface area contributed by atoms with Crippen molar-refractivity contribution in [1.82, 2.24) is 27.4 Å². The largest absolute Gasteiger partial charge is 0.416 e. The van der Waals surface area contributed by atoms with E-state index in [1.54, 1.807) is 6.07 Å². The van der Waals surface area contributed by atoms with Crippen molar-refractivity contribution in [2.75, 3.05) is 0 Å². The molecule has 20 aromatic rings. The molecule has 0 N–H and O–H groups in total. The second kappa shape index (κ2) is 20.6. The number of hydrogen-bond acceptors (Lipinski definition) is 2. The smallest absolute Gasteiger partial charge is 0.309 e. The van der Waals surface area contributed by atoms with Crippen LogP contribution < -0.4 is 0 Å². The van der Waals surface area contributed by atoms with Gasteiger partial charge in [-0.05, 0) is 133 Å². The number of benzene rings is 14. The third-order valence-corrected chi connectivity index (χ3v) is 20.2. The van der Waals surface area contributed by atoms with Gasteiger partial charge in [0.25, 0.3) is 0 Å². The van der Waals surface area contributed by atoms with E-state index in [-0.39, 0.29) is 16.7 Å². The van der Waals surface area contributed by atoms with E-state index >= 15 is 13.2 Å². The number of aromatic nitrogens is 6. The van der Waals surface area contributed by atoms with Crippen LogP contribution in [0.2, 0.25) is 0 Å². The summed E-state index contributed by atoms with van der Waals surface area (Å²) >= 11 is 0. The molecule has 0 atom stereocenters. The number of hydrogen-bond donors (Lipinski definition) is 0. The molecule has 6 aromatic heterocycles. The van der Waals surface area contributed by atoms with Gasteiger partial charge < -0.3 is 27.4 Å². The van der Waals surface area contributed by atoms with Gasteiger partial charge in [-0.2, -0.15) is 23.7 Å². The van der Waals surface area contributed by atoms with E-state index in [1.807, 2.05) is 60.7 Å². The second-order valence-corrected chi connectivity index (χ2v) is 25.4. The Hall–Kier alpha value is -13.4. The molecule has 0 radical (unpaired) electrons. The fraction of sp³-hybridized carbons (Fsp3) is 0.0115. The zero-order chi connectivity index (χ0) is 65.2. The summed E-state index contributed by atoms with van der Waals surface area (Å²) in [6.45, 7) is 0. The van der Waals surface area contributed by atoms with Crippen molar-refractivity contribution >= 4 is 131 Å². The van der Waals surface area contributed by atoms with Crippen LogP contribution in [0.1, 0.15) is 16.7 Å². The Kier molecular flexibility index (Phi) is 11.6. The molecule has 0 amide bonds. The zero-order valence-electron chi connectivity index (χ0n) is 52.0. The van der Waals surface area contributed by atoms with Crippen LogP contribution in [0, 0.1) is 22.7 Å². The maximum Gasteiger partial charge on any atom is 0.416 e. The first kappa shape index (κ1) is 55.1. The third kappa shape index (κ3) is 7.87. The second-order valence-electron chi connectivity index (χ2n) is 25.4. The highest BCUT2D eigenvalue weighted by Gasteiger charge is 2.33. The Labute approximate surface area is 556 Å². The van der Waals surface area contributed by atoms with Gasteiger partial charge in [-0.15, -0.1) is 0 Å². The van der Waals surface area contributed by atoms with Crippen LogP contribution in [0.15, 0.2) is 297 Å². The summed E-state index contributed by atoms with van der Waals surface area (Å²) in [7, 11) is 0. The normalized spacial score (nSPS) is 12.2. The van der Waals surface area contributed by atoms with Crippen molar-refractivity contribution in [1.29, 1.82) is 10.5 Å². The lowest BCUT2D eigenvalue weighted by atomic mass is 9.94. The topological polar surface area (TPSA) is 77.2 Å². The van der Waals surface area contributed by atoms with E-state index in [0.717, 1.165) is 166 Å². The minimum atomic E-state index is -4.86. The molecule has 6 heterocycles. The van der Waals surface area contributed by atoms with Crippen molar-refractivity contribution in [2.45, 2.75) is 6.18 Å². The molecule has 14 aromatic carbocycles. The highest BCUT2D eigenvalue weighted by atomic mass is 19.4. The molecule has 11 heteroatoms. The Morgan fingerprint density at radius 2 is 0.469 bits per heavy atom. The van der Waals surface area contributed by atoms with Gasteiger partial charge in [0.15, 0.2) is 0 Å². The van der Waals surface area contributed by atoms with Gasteiger partial charge in [-0.25, -0.2) is 0 Å². The summed E-state index contributed by atoms with van der Waals surface area (Å²) in [6.07, 6.45) is -4.86. The van der Waals surface area contributed by atoms with Crippen LogP contribution in [0.4, 0.5) is 13.2 Å². The molecule has 0 aliphatic heterocycles. The van der Waals surface area contributed by atoms with Crippen LogP contribution >= 0.6 is 0 Å². The number of nitriles is 2. The van der Waals surface area contributed by atoms with Gasteiger partial charge in [0.05, 0.1) is 106 Å². The highest BCUT2D eigenvalue weighted by Crippen LogP contribution is 2.48. The average molecular weight is 1260 g/mol. The fourth-order valence-corrected chi connectivity index (χ4v) is 16.2. The molecule has 458 valence electrons. The summed E-state index contributed by atoms with van der Waals surface area (Å²) in [5, 5.41) is 35.0. The first-order chi connectivity index (χ1) is 48.2. The van der Waals surface area contributed by atoms with Gasteiger partial charge in [0, 0.05) is 92.9 Å². The predicted octanol–water partition coefficient (Wildman–Crippen LogP) is 22.7. The van der Waals surface area contributed by atoms with Crippen molar-refractivity contribution in [3.63, 3.8) is 0 Å². The van der Waals surface area contributed by atoms with E-state index in [2.05, 4.69) is 258 Å².